The Bertz CT molecular complexity index is 786. The Morgan fingerprint density at radius 2 is 1.88 bits per heavy atom. The van der Waals surface area contributed by atoms with Crippen molar-refractivity contribution < 1.29 is 14.3 Å². The summed E-state index contributed by atoms with van der Waals surface area (Å²) in [4.78, 5) is 27.0. The van der Waals surface area contributed by atoms with Crippen molar-refractivity contribution in [3.05, 3.63) is 59.7 Å². The first-order chi connectivity index (χ1) is 12.6. The number of para-hydroxylation sites is 2. The molecule has 1 aliphatic rings. The molecule has 0 aromatic heterocycles. The Morgan fingerprint density at radius 1 is 1.15 bits per heavy atom. The number of aryl methyl sites for hydroxylation is 1. The van der Waals surface area contributed by atoms with Crippen LogP contribution in [0.1, 0.15) is 24.5 Å². The molecule has 0 unspecified atom stereocenters. The van der Waals surface area contributed by atoms with Gasteiger partial charge in [0, 0.05) is 6.54 Å². The van der Waals surface area contributed by atoms with E-state index < -0.39 is 6.10 Å². The van der Waals surface area contributed by atoms with Gasteiger partial charge in [0.05, 0.1) is 18.7 Å². The smallest absolute Gasteiger partial charge is 0.262 e. The molecule has 3 rings (SSSR count). The van der Waals surface area contributed by atoms with Crippen LogP contribution in [-0.4, -0.2) is 31.0 Å². The fraction of sp³-hybridized carbons (Fsp3) is 0.333. The van der Waals surface area contributed by atoms with Gasteiger partial charge >= 0.3 is 0 Å². The molecule has 2 amide bonds. The number of anilines is 1. The summed E-state index contributed by atoms with van der Waals surface area (Å²) in [5.74, 6) is 0.333. The Kier molecular flexibility index (Phi) is 5.56. The van der Waals surface area contributed by atoms with Crippen molar-refractivity contribution in [3.63, 3.8) is 0 Å². The van der Waals surface area contributed by atoms with Crippen LogP contribution in [0.25, 0.3) is 0 Å². The number of fused-ring (bicyclic) bond motifs is 1. The number of carbonyl (C=O) groups is 2. The minimum atomic E-state index is -0.696. The maximum atomic E-state index is 12.9. The van der Waals surface area contributed by atoms with Crippen LogP contribution in [0.4, 0.5) is 5.69 Å². The number of hydrogen-bond acceptors (Lipinski definition) is 3. The van der Waals surface area contributed by atoms with E-state index in [1.807, 2.05) is 56.3 Å². The molecular weight excluding hydrogens is 328 g/mol. The summed E-state index contributed by atoms with van der Waals surface area (Å²) in [5, 5.41) is 2.85. The molecule has 0 radical (unpaired) electrons. The molecule has 2 aromatic rings. The van der Waals surface area contributed by atoms with Crippen molar-refractivity contribution >= 4 is 17.5 Å². The summed E-state index contributed by atoms with van der Waals surface area (Å²) in [6.45, 7) is 4.83. The second-order valence-electron chi connectivity index (χ2n) is 6.53. The highest BCUT2D eigenvalue weighted by molar-refractivity contribution is 5.98. The highest BCUT2D eigenvalue weighted by Crippen LogP contribution is 2.33. The first-order valence-corrected chi connectivity index (χ1v) is 8.97. The summed E-state index contributed by atoms with van der Waals surface area (Å²) in [6, 6.07) is 15.3. The monoisotopic (exact) mass is 352 g/mol. The average molecular weight is 352 g/mol. The first kappa shape index (κ1) is 18.0. The molecule has 0 saturated carbocycles. The fourth-order valence-corrected chi connectivity index (χ4v) is 2.95. The number of nitrogens with one attached hydrogen (secondary N) is 1. The van der Waals surface area contributed by atoms with Gasteiger partial charge in [0.25, 0.3) is 5.91 Å². The van der Waals surface area contributed by atoms with E-state index >= 15 is 0 Å². The quantitative estimate of drug-likeness (QED) is 0.900. The van der Waals surface area contributed by atoms with E-state index in [4.69, 9.17) is 4.74 Å². The number of ether oxygens (including phenoxy) is 1. The van der Waals surface area contributed by atoms with E-state index in [1.54, 1.807) is 11.0 Å². The lowest BCUT2D eigenvalue weighted by atomic mass is 10.1. The molecule has 1 aliphatic heterocycles. The van der Waals surface area contributed by atoms with E-state index in [9.17, 15) is 9.59 Å². The van der Waals surface area contributed by atoms with Gasteiger partial charge in [-0.1, -0.05) is 48.9 Å². The third kappa shape index (κ3) is 4.04. The Hall–Kier alpha value is -2.82. The van der Waals surface area contributed by atoms with Crippen LogP contribution >= 0.6 is 0 Å². The minimum Gasteiger partial charge on any atom is -0.477 e. The molecule has 1 atom stereocenters. The Labute approximate surface area is 154 Å². The molecule has 0 aliphatic carbocycles. The van der Waals surface area contributed by atoms with Crippen molar-refractivity contribution in [2.24, 2.45) is 0 Å². The van der Waals surface area contributed by atoms with Crippen molar-refractivity contribution in [1.29, 1.82) is 0 Å². The van der Waals surface area contributed by atoms with E-state index in [0.29, 0.717) is 18.0 Å². The van der Waals surface area contributed by atoms with Gasteiger partial charge < -0.3 is 15.0 Å². The van der Waals surface area contributed by atoms with Gasteiger partial charge in [-0.25, -0.2) is 0 Å². The third-order valence-corrected chi connectivity index (χ3v) is 4.39. The lowest BCUT2D eigenvalue weighted by Gasteiger charge is -2.34. The predicted octanol–water partition coefficient (Wildman–Crippen LogP) is 2.86. The van der Waals surface area contributed by atoms with Gasteiger partial charge in [-0.2, -0.15) is 0 Å². The SMILES string of the molecule is CCCNC(=O)[C@H]1CN(C(=O)Cc2ccc(C)cc2)c2ccccc2O1. The second kappa shape index (κ2) is 8.04. The summed E-state index contributed by atoms with van der Waals surface area (Å²) in [6.07, 6.45) is 0.446. The van der Waals surface area contributed by atoms with Gasteiger partial charge in [-0.3, -0.25) is 9.59 Å². The van der Waals surface area contributed by atoms with E-state index in [0.717, 1.165) is 17.5 Å². The Morgan fingerprint density at radius 3 is 2.62 bits per heavy atom. The highest BCUT2D eigenvalue weighted by Gasteiger charge is 2.33. The van der Waals surface area contributed by atoms with Crippen molar-refractivity contribution in [2.45, 2.75) is 32.8 Å². The Balaban J connectivity index is 1.80. The molecule has 136 valence electrons. The summed E-state index contributed by atoms with van der Waals surface area (Å²) in [5.41, 5.74) is 2.83. The summed E-state index contributed by atoms with van der Waals surface area (Å²) < 4.78 is 5.83. The number of benzene rings is 2. The van der Waals surface area contributed by atoms with Gasteiger partial charge in [0.1, 0.15) is 5.75 Å². The van der Waals surface area contributed by atoms with Crippen LogP contribution in [0.5, 0.6) is 5.75 Å². The standard InChI is InChI=1S/C21H24N2O3/c1-3-12-22-21(25)19-14-23(17-6-4-5-7-18(17)26-19)20(24)13-16-10-8-15(2)9-11-16/h4-11,19H,3,12-14H2,1-2H3,(H,22,25)/t19-/m1/s1. The second-order valence-corrected chi connectivity index (χ2v) is 6.53. The lowest BCUT2D eigenvalue weighted by Crippen LogP contribution is -2.51. The topological polar surface area (TPSA) is 58.6 Å². The highest BCUT2D eigenvalue weighted by atomic mass is 16.5. The van der Waals surface area contributed by atoms with E-state index in [2.05, 4.69) is 5.32 Å². The molecule has 5 nitrogen and oxygen atoms in total. The van der Waals surface area contributed by atoms with Crippen molar-refractivity contribution in [3.8, 4) is 5.75 Å². The molecule has 0 saturated heterocycles. The molecule has 1 heterocycles. The van der Waals surface area contributed by atoms with Gasteiger partial charge in [0.15, 0.2) is 6.10 Å². The molecule has 0 bridgehead atoms. The van der Waals surface area contributed by atoms with Crippen LogP contribution in [0.15, 0.2) is 48.5 Å². The number of nitrogens with zero attached hydrogens (tertiary/aromatic N) is 1. The van der Waals surface area contributed by atoms with Gasteiger partial charge in [-0.15, -0.1) is 0 Å². The predicted molar refractivity (Wildman–Crippen MR) is 101 cm³/mol. The van der Waals surface area contributed by atoms with Gasteiger partial charge in [0.2, 0.25) is 5.91 Å². The molecular formula is C21H24N2O3. The molecule has 0 spiro atoms. The largest absolute Gasteiger partial charge is 0.477 e. The fourth-order valence-electron chi connectivity index (χ4n) is 2.95. The average Bonchev–Trinajstić information content (AvgIpc) is 2.66. The lowest BCUT2D eigenvalue weighted by molar-refractivity contribution is -0.128. The van der Waals surface area contributed by atoms with Crippen LogP contribution in [0.3, 0.4) is 0 Å². The van der Waals surface area contributed by atoms with Crippen LogP contribution < -0.4 is 15.0 Å². The van der Waals surface area contributed by atoms with Crippen LogP contribution in [0.2, 0.25) is 0 Å². The normalized spacial score (nSPS) is 15.8. The molecule has 5 heteroatoms. The van der Waals surface area contributed by atoms with Gasteiger partial charge in [-0.05, 0) is 31.0 Å². The molecule has 1 N–H and O–H groups in total. The number of rotatable bonds is 5. The maximum absolute atomic E-state index is 12.9. The third-order valence-electron chi connectivity index (χ3n) is 4.39. The molecule has 0 fully saturated rings. The number of amides is 2. The zero-order valence-corrected chi connectivity index (χ0v) is 15.2. The molecule has 2 aromatic carbocycles. The number of hydrogen-bond donors (Lipinski definition) is 1. The van der Waals surface area contributed by atoms with Crippen molar-refractivity contribution in [2.75, 3.05) is 18.0 Å². The first-order valence-electron chi connectivity index (χ1n) is 8.97. The van der Waals surface area contributed by atoms with E-state index in [-0.39, 0.29) is 24.8 Å². The zero-order valence-electron chi connectivity index (χ0n) is 15.2. The number of carbonyl (C=O) groups excluding carboxylic acids is 2. The van der Waals surface area contributed by atoms with Crippen LogP contribution in [0, 0.1) is 6.92 Å². The van der Waals surface area contributed by atoms with E-state index in [1.165, 1.54) is 0 Å². The maximum Gasteiger partial charge on any atom is 0.262 e. The summed E-state index contributed by atoms with van der Waals surface area (Å²) in [7, 11) is 0. The van der Waals surface area contributed by atoms with Crippen LogP contribution in [-0.2, 0) is 16.0 Å². The van der Waals surface area contributed by atoms with Crippen molar-refractivity contribution in [1.82, 2.24) is 5.32 Å². The summed E-state index contributed by atoms with van der Waals surface area (Å²) >= 11 is 0. The minimum absolute atomic E-state index is 0.0436. The zero-order chi connectivity index (χ0) is 18.5. The molecule has 26 heavy (non-hydrogen) atoms.